The summed E-state index contributed by atoms with van der Waals surface area (Å²) >= 11 is 0. The standard InChI is InChI=1S/C25H21N3O2/c1-18-7-11-20(12-8-18)24-15-25(23-6-4-3-5-21(23)16-26)27(28(24)29)17-19-9-13-22(30-2)14-10-19/h3-15H,17H2,1-2H3. The summed E-state index contributed by atoms with van der Waals surface area (Å²) in [5.41, 5.74) is 5.43. The van der Waals surface area contributed by atoms with E-state index in [0.717, 1.165) is 32.8 Å². The summed E-state index contributed by atoms with van der Waals surface area (Å²) in [5, 5.41) is 22.9. The Morgan fingerprint density at radius 2 is 1.70 bits per heavy atom. The van der Waals surface area contributed by atoms with E-state index in [4.69, 9.17) is 4.74 Å². The molecule has 0 aliphatic rings. The Kier molecular flexibility index (Phi) is 5.23. The molecule has 0 saturated heterocycles. The Morgan fingerprint density at radius 3 is 2.37 bits per heavy atom. The lowest BCUT2D eigenvalue weighted by Gasteiger charge is -2.10. The molecule has 0 atom stereocenters. The van der Waals surface area contributed by atoms with E-state index in [1.165, 1.54) is 0 Å². The number of ether oxygens (including phenoxy) is 1. The molecular weight excluding hydrogens is 374 g/mol. The maximum atomic E-state index is 13.3. The first-order valence-corrected chi connectivity index (χ1v) is 9.63. The van der Waals surface area contributed by atoms with Crippen molar-refractivity contribution >= 4 is 0 Å². The highest BCUT2D eigenvalue weighted by molar-refractivity contribution is 5.71. The van der Waals surface area contributed by atoms with Crippen molar-refractivity contribution in [2.75, 3.05) is 7.11 Å². The number of hydrogen-bond donors (Lipinski definition) is 0. The van der Waals surface area contributed by atoms with Crippen molar-refractivity contribution in [1.29, 1.82) is 5.26 Å². The van der Waals surface area contributed by atoms with Gasteiger partial charge in [0, 0.05) is 11.6 Å². The average molecular weight is 395 g/mol. The van der Waals surface area contributed by atoms with Crippen LogP contribution >= 0.6 is 0 Å². The van der Waals surface area contributed by atoms with Gasteiger partial charge in [-0.3, -0.25) is 0 Å². The summed E-state index contributed by atoms with van der Waals surface area (Å²) < 4.78 is 6.89. The van der Waals surface area contributed by atoms with Crippen molar-refractivity contribution in [3.63, 3.8) is 0 Å². The molecule has 30 heavy (non-hydrogen) atoms. The molecule has 0 unspecified atom stereocenters. The quantitative estimate of drug-likeness (QED) is 0.364. The number of rotatable bonds is 5. The van der Waals surface area contributed by atoms with Crippen LogP contribution in [0.3, 0.4) is 0 Å². The lowest BCUT2D eigenvalue weighted by Crippen LogP contribution is -2.39. The van der Waals surface area contributed by atoms with Gasteiger partial charge in [-0.05, 0) is 42.8 Å². The van der Waals surface area contributed by atoms with Crippen molar-refractivity contribution in [1.82, 2.24) is 4.68 Å². The molecule has 0 radical (unpaired) electrons. The highest BCUT2D eigenvalue weighted by atomic mass is 16.5. The molecule has 4 rings (SSSR count). The fourth-order valence-electron chi connectivity index (χ4n) is 3.48. The number of aryl methyl sites for hydroxylation is 1. The third kappa shape index (κ3) is 3.63. The first kappa shape index (κ1) is 19.3. The van der Waals surface area contributed by atoms with Gasteiger partial charge in [0.2, 0.25) is 0 Å². The van der Waals surface area contributed by atoms with E-state index in [9.17, 15) is 10.5 Å². The van der Waals surface area contributed by atoms with Gasteiger partial charge >= 0.3 is 0 Å². The van der Waals surface area contributed by atoms with Crippen LogP contribution in [0.2, 0.25) is 0 Å². The number of hydrogen-bond acceptors (Lipinski definition) is 3. The van der Waals surface area contributed by atoms with E-state index in [1.54, 1.807) is 17.9 Å². The molecule has 0 amide bonds. The Morgan fingerprint density at radius 1 is 1.00 bits per heavy atom. The van der Waals surface area contributed by atoms with E-state index < -0.39 is 0 Å². The predicted molar refractivity (Wildman–Crippen MR) is 116 cm³/mol. The smallest absolute Gasteiger partial charge is 0.252 e. The molecule has 1 aromatic heterocycles. The van der Waals surface area contributed by atoms with E-state index in [-0.39, 0.29) is 0 Å². The van der Waals surface area contributed by atoms with Gasteiger partial charge in [-0.1, -0.05) is 52.9 Å². The summed E-state index contributed by atoms with van der Waals surface area (Å²) in [6, 6.07) is 26.9. The highest BCUT2D eigenvalue weighted by Gasteiger charge is 2.23. The Bertz CT molecular complexity index is 1220. The van der Waals surface area contributed by atoms with Crippen LogP contribution in [0.1, 0.15) is 16.7 Å². The summed E-state index contributed by atoms with van der Waals surface area (Å²) in [4.78, 5) is 0.915. The van der Waals surface area contributed by atoms with Crippen LogP contribution in [-0.4, -0.2) is 11.8 Å². The van der Waals surface area contributed by atoms with Crippen LogP contribution in [0.25, 0.3) is 22.5 Å². The highest BCUT2D eigenvalue weighted by Crippen LogP contribution is 2.28. The van der Waals surface area contributed by atoms with E-state index >= 15 is 0 Å². The molecule has 5 heteroatoms. The Balaban J connectivity index is 1.87. The van der Waals surface area contributed by atoms with Gasteiger partial charge in [-0.2, -0.15) is 5.26 Å². The fourth-order valence-corrected chi connectivity index (χ4v) is 3.48. The molecule has 1 heterocycles. The van der Waals surface area contributed by atoms with Gasteiger partial charge < -0.3 is 9.94 Å². The summed E-state index contributed by atoms with van der Waals surface area (Å²) in [5.74, 6) is 0.761. The van der Waals surface area contributed by atoms with Gasteiger partial charge in [-0.25, -0.2) is 0 Å². The minimum absolute atomic E-state index is 0.369. The molecule has 0 N–H and O–H groups in total. The monoisotopic (exact) mass is 395 g/mol. The van der Waals surface area contributed by atoms with Gasteiger partial charge in [0.15, 0.2) is 0 Å². The second-order valence-electron chi connectivity index (χ2n) is 7.12. The summed E-state index contributed by atoms with van der Waals surface area (Å²) in [6.07, 6.45) is 0. The molecule has 3 aromatic carbocycles. The SMILES string of the molecule is COc1ccc(Cn2c(-c3ccccc3C#N)cc(-c3ccc(C)cc3)[n+]2[O-])cc1. The minimum Gasteiger partial charge on any atom is -0.595 e. The molecule has 5 nitrogen and oxygen atoms in total. The molecular formula is C25H21N3O2. The van der Waals surface area contributed by atoms with Crippen LogP contribution in [0, 0.1) is 23.5 Å². The lowest BCUT2D eigenvalue weighted by molar-refractivity contribution is -0.682. The molecule has 0 saturated carbocycles. The number of nitrogens with zero attached hydrogens (tertiary/aromatic N) is 3. The third-order valence-electron chi connectivity index (χ3n) is 5.14. The minimum atomic E-state index is 0.369. The average Bonchev–Trinajstić information content (AvgIpc) is 3.10. The second-order valence-corrected chi connectivity index (χ2v) is 7.12. The summed E-state index contributed by atoms with van der Waals surface area (Å²) in [6.45, 7) is 2.38. The Labute approximate surface area is 175 Å². The molecule has 0 aliphatic carbocycles. The Hall–Kier alpha value is -4.04. The topological polar surface area (TPSA) is 64.9 Å². The van der Waals surface area contributed by atoms with Gasteiger partial charge in [0.05, 0.1) is 24.3 Å². The largest absolute Gasteiger partial charge is 0.595 e. The van der Waals surface area contributed by atoms with Crippen molar-refractivity contribution < 1.29 is 9.58 Å². The van der Waals surface area contributed by atoms with Crippen LogP contribution in [0.5, 0.6) is 5.75 Å². The normalized spacial score (nSPS) is 10.6. The number of benzene rings is 3. The molecule has 0 fully saturated rings. The molecule has 0 spiro atoms. The number of methoxy groups -OCH3 is 1. The predicted octanol–water partition coefficient (Wildman–Crippen LogP) is 4.69. The van der Waals surface area contributed by atoms with Crippen LogP contribution in [0.15, 0.2) is 78.9 Å². The summed E-state index contributed by atoms with van der Waals surface area (Å²) in [7, 11) is 1.62. The number of aromatic nitrogens is 2. The van der Waals surface area contributed by atoms with Crippen LogP contribution in [-0.2, 0) is 6.54 Å². The van der Waals surface area contributed by atoms with Crippen molar-refractivity contribution in [3.8, 4) is 34.3 Å². The maximum absolute atomic E-state index is 13.3. The maximum Gasteiger partial charge on any atom is 0.252 e. The van der Waals surface area contributed by atoms with Crippen molar-refractivity contribution in [2.45, 2.75) is 13.5 Å². The zero-order valence-electron chi connectivity index (χ0n) is 16.9. The molecule has 148 valence electrons. The van der Waals surface area contributed by atoms with Crippen LogP contribution < -0.4 is 9.58 Å². The van der Waals surface area contributed by atoms with E-state index in [1.807, 2.05) is 79.7 Å². The van der Waals surface area contributed by atoms with E-state index in [0.29, 0.717) is 23.5 Å². The number of nitriles is 1. The molecule has 0 aliphatic heterocycles. The molecule has 0 bridgehead atoms. The zero-order chi connectivity index (χ0) is 21.1. The van der Waals surface area contributed by atoms with Gasteiger partial charge in [0.1, 0.15) is 18.0 Å². The third-order valence-corrected chi connectivity index (χ3v) is 5.14. The van der Waals surface area contributed by atoms with Crippen molar-refractivity contribution in [3.05, 3.63) is 101 Å². The molecule has 4 aromatic rings. The first-order chi connectivity index (χ1) is 14.6. The van der Waals surface area contributed by atoms with Gasteiger partial charge in [0.25, 0.3) is 5.69 Å². The van der Waals surface area contributed by atoms with Crippen molar-refractivity contribution in [2.24, 2.45) is 0 Å². The zero-order valence-corrected chi connectivity index (χ0v) is 16.9. The second kappa shape index (κ2) is 8.14. The fraction of sp³-hybridized carbons (Fsp3) is 0.120. The van der Waals surface area contributed by atoms with Gasteiger partial charge in [-0.15, -0.1) is 4.68 Å². The first-order valence-electron chi connectivity index (χ1n) is 9.63. The lowest BCUT2D eigenvalue weighted by atomic mass is 10.0. The van der Waals surface area contributed by atoms with E-state index in [2.05, 4.69) is 6.07 Å². The van der Waals surface area contributed by atoms with Crippen LogP contribution in [0.4, 0.5) is 0 Å².